The Morgan fingerprint density at radius 2 is 1.81 bits per heavy atom. The predicted molar refractivity (Wildman–Crippen MR) is 94.3 cm³/mol. The summed E-state index contributed by atoms with van der Waals surface area (Å²) in [7, 11) is 0. The number of hydrogen-bond acceptors (Lipinski definition) is 3. The van der Waals surface area contributed by atoms with Crippen molar-refractivity contribution in [2.24, 2.45) is 0 Å². The van der Waals surface area contributed by atoms with Crippen molar-refractivity contribution in [3.63, 3.8) is 0 Å². The zero-order chi connectivity index (χ0) is 18.6. The van der Waals surface area contributed by atoms with Crippen LogP contribution in [0.25, 0.3) is 0 Å². The van der Waals surface area contributed by atoms with Gasteiger partial charge in [0, 0.05) is 16.8 Å². The topological polar surface area (TPSA) is 38.3 Å². The molecule has 1 N–H and O–H groups in total. The third kappa shape index (κ3) is 5.08. The molecule has 0 radical (unpaired) electrons. The van der Waals surface area contributed by atoms with Gasteiger partial charge >= 0.3 is 6.18 Å². The summed E-state index contributed by atoms with van der Waals surface area (Å²) in [6, 6.07) is 7.00. The van der Waals surface area contributed by atoms with Crippen molar-refractivity contribution in [3.05, 3.63) is 56.8 Å². The maximum atomic E-state index is 12.4. The normalized spacial score (nSPS) is 14.1. The largest absolute Gasteiger partial charge is 0.411 e. The van der Waals surface area contributed by atoms with E-state index in [1.54, 1.807) is 35.6 Å². The van der Waals surface area contributed by atoms with E-state index in [0.717, 1.165) is 30.4 Å². The van der Waals surface area contributed by atoms with Crippen LogP contribution in [0.2, 0.25) is 0 Å². The molecule has 140 valence electrons. The molecule has 26 heavy (non-hydrogen) atoms. The number of thiophene rings is 1. The van der Waals surface area contributed by atoms with Gasteiger partial charge in [-0.1, -0.05) is 24.3 Å². The maximum Gasteiger partial charge on any atom is 0.411 e. The number of halogens is 3. The molecule has 1 aromatic heterocycles. The van der Waals surface area contributed by atoms with E-state index in [1.165, 1.54) is 16.9 Å². The predicted octanol–water partition coefficient (Wildman–Crippen LogP) is 4.64. The number of carbonyl (C=O) groups excluding carboxylic acids is 1. The first-order valence-corrected chi connectivity index (χ1v) is 9.40. The van der Waals surface area contributed by atoms with Crippen LogP contribution in [0.3, 0.4) is 0 Å². The Labute approximate surface area is 154 Å². The van der Waals surface area contributed by atoms with Gasteiger partial charge in [0.15, 0.2) is 0 Å². The molecule has 0 fully saturated rings. The lowest BCUT2D eigenvalue weighted by atomic mass is 9.95. The van der Waals surface area contributed by atoms with Crippen LogP contribution in [0.15, 0.2) is 29.6 Å². The van der Waals surface area contributed by atoms with Crippen LogP contribution in [-0.4, -0.2) is 18.7 Å². The van der Waals surface area contributed by atoms with Crippen molar-refractivity contribution in [3.8, 4) is 0 Å². The fraction of sp³-hybridized carbons (Fsp3) is 0.421. The number of fused-ring (bicyclic) bond motifs is 1. The minimum atomic E-state index is -4.31. The number of hydrogen-bond donors (Lipinski definition) is 1. The fourth-order valence-electron chi connectivity index (χ4n) is 3.00. The monoisotopic (exact) mass is 383 g/mol. The number of alkyl halides is 3. The van der Waals surface area contributed by atoms with E-state index in [2.05, 4.69) is 10.1 Å². The van der Waals surface area contributed by atoms with E-state index in [1.807, 2.05) is 5.38 Å². The molecule has 0 aliphatic heterocycles. The van der Waals surface area contributed by atoms with Gasteiger partial charge in [-0.05, 0) is 42.4 Å². The minimum absolute atomic E-state index is 0.0676. The van der Waals surface area contributed by atoms with E-state index < -0.39 is 12.8 Å². The number of ether oxygens (including phenoxy) is 1. The Morgan fingerprint density at radius 3 is 2.54 bits per heavy atom. The highest BCUT2D eigenvalue weighted by Gasteiger charge is 2.27. The standard InChI is InChI=1S/C19H20F3NO2S/c20-19(21,22)12-25-10-14-7-5-13(6-8-14)9-23-18(24)16-11-26-17-4-2-1-3-15(16)17/h5-8,11H,1-4,9-10,12H2,(H,23,24). The van der Waals surface area contributed by atoms with Crippen molar-refractivity contribution >= 4 is 17.2 Å². The van der Waals surface area contributed by atoms with E-state index in [9.17, 15) is 18.0 Å². The summed E-state index contributed by atoms with van der Waals surface area (Å²) >= 11 is 1.66. The highest BCUT2D eigenvalue weighted by atomic mass is 32.1. The molecule has 0 saturated heterocycles. The zero-order valence-corrected chi connectivity index (χ0v) is 15.0. The molecule has 7 heteroatoms. The van der Waals surface area contributed by atoms with Crippen molar-refractivity contribution < 1.29 is 22.7 Å². The Morgan fingerprint density at radius 1 is 1.12 bits per heavy atom. The van der Waals surface area contributed by atoms with Gasteiger partial charge in [0.1, 0.15) is 6.61 Å². The molecule has 1 aliphatic carbocycles. The number of amides is 1. The number of carbonyl (C=O) groups is 1. The van der Waals surface area contributed by atoms with Crippen molar-refractivity contribution in [1.29, 1.82) is 0 Å². The molecule has 3 nitrogen and oxygen atoms in total. The summed E-state index contributed by atoms with van der Waals surface area (Å²) in [5.41, 5.74) is 3.52. The van der Waals surface area contributed by atoms with Crippen molar-refractivity contribution in [2.45, 2.75) is 45.0 Å². The summed E-state index contributed by atoms with van der Waals surface area (Å²) in [5.74, 6) is -0.0676. The number of rotatable bonds is 6. The van der Waals surface area contributed by atoms with Crippen LogP contribution in [0.5, 0.6) is 0 Å². The molecule has 0 unspecified atom stereocenters. The molecule has 0 atom stereocenters. The SMILES string of the molecule is O=C(NCc1ccc(COCC(F)(F)F)cc1)c1csc2c1CCCC2. The third-order valence-electron chi connectivity index (χ3n) is 4.32. The second kappa shape index (κ2) is 8.22. The molecule has 1 heterocycles. The molecule has 2 aromatic rings. The first-order chi connectivity index (χ1) is 12.4. The van der Waals surface area contributed by atoms with Gasteiger partial charge in [-0.15, -0.1) is 11.3 Å². The summed E-state index contributed by atoms with van der Waals surface area (Å²) in [6.07, 6.45) is 0.0277. The van der Waals surface area contributed by atoms with Gasteiger partial charge in [-0.2, -0.15) is 13.2 Å². The van der Waals surface area contributed by atoms with Gasteiger partial charge in [0.2, 0.25) is 0 Å². The zero-order valence-electron chi connectivity index (χ0n) is 14.2. The fourth-order valence-corrected chi connectivity index (χ4v) is 4.13. The molecule has 0 saturated carbocycles. The average molecular weight is 383 g/mol. The van der Waals surface area contributed by atoms with E-state index >= 15 is 0 Å². The van der Waals surface area contributed by atoms with Crippen molar-refractivity contribution in [1.82, 2.24) is 5.32 Å². The summed E-state index contributed by atoms with van der Waals surface area (Å²) in [4.78, 5) is 13.7. The summed E-state index contributed by atoms with van der Waals surface area (Å²) in [6.45, 7) is -0.962. The molecule has 0 spiro atoms. The highest BCUT2D eigenvalue weighted by Crippen LogP contribution is 2.30. The van der Waals surface area contributed by atoms with E-state index in [4.69, 9.17) is 0 Å². The molecule has 3 rings (SSSR count). The van der Waals surface area contributed by atoms with E-state index in [-0.39, 0.29) is 12.5 Å². The molecular formula is C19H20F3NO2S. The van der Waals surface area contributed by atoms with Gasteiger partial charge in [-0.3, -0.25) is 4.79 Å². The molecule has 1 aliphatic rings. The van der Waals surface area contributed by atoms with Crippen LogP contribution in [-0.2, 0) is 30.7 Å². The van der Waals surface area contributed by atoms with Gasteiger partial charge in [-0.25, -0.2) is 0 Å². The second-order valence-corrected chi connectivity index (χ2v) is 7.33. The Hall–Kier alpha value is -1.86. The number of nitrogens with one attached hydrogen (secondary N) is 1. The summed E-state index contributed by atoms with van der Waals surface area (Å²) < 4.78 is 40.8. The third-order valence-corrected chi connectivity index (χ3v) is 5.41. The first-order valence-electron chi connectivity index (χ1n) is 8.52. The average Bonchev–Trinajstić information content (AvgIpc) is 3.04. The Kier molecular flexibility index (Phi) is 5.98. The lowest BCUT2D eigenvalue weighted by Gasteiger charge is -2.13. The number of benzene rings is 1. The quantitative estimate of drug-likeness (QED) is 0.789. The highest BCUT2D eigenvalue weighted by molar-refractivity contribution is 7.10. The lowest BCUT2D eigenvalue weighted by molar-refractivity contribution is -0.176. The van der Waals surface area contributed by atoms with Gasteiger partial charge in [0.25, 0.3) is 5.91 Å². The molecule has 0 bridgehead atoms. The van der Waals surface area contributed by atoms with Crippen LogP contribution in [0, 0.1) is 0 Å². The second-order valence-electron chi connectivity index (χ2n) is 6.37. The summed E-state index contributed by atoms with van der Waals surface area (Å²) in [5, 5.41) is 4.86. The first kappa shape index (κ1) is 18.9. The van der Waals surface area contributed by atoms with Crippen LogP contribution < -0.4 is 5.32 Å². The van der Waals surface area contributed by atoms with Crippen molar-refractivity contribution in [2.75, 3.05) is 6.61 Å². The lowest BCUT2D eigenvalue weighted by Crippen LogP contribution is -2.23. The molecule has 1 aromatic carbocycles. The van der Waals surface area contributed by atoms with Gasteiger partial charge in [0.05, 0.1) is 12.2 Å². The minimum Gasteiger partial charge on any atom is -0.367 e. The maximum absolute atomic E-state index is 12.4. The van der Waals surface area contributed by atoms with E-state index in [0.29, 0.717) is 12.1 Å². The van der Waals surface area contributed by atoms with Crippen LogP contribution >= 0.6 is 11.3 Å². The van der Waals surface area contributed by atoms with Gasteiger partial charge < -0.3 is 10.1 Å². The molecular weight excluding hydrogens is 363 g/mol. The molecule has 1 amide bonds. The number of aryl methyl sites for hydroxylation is 1. The smallest absolute Gasteiger partial charge is 0.367 e. The Balaban J connectivity index is 1.50. The van der Waals surface area contributed by atoms with Crippen LogP contribution in [0.1, 0.15) is 44.8 Å². The van der Waals surface area contributed by atoms with Crippen LogP contribution in [0.4, 0.5) is 13.2 Å². The Bertz CT molecular complexity index is 753.